The topological polar surface area (TPSA) is 12.4 Å². The number of rotatable bonds is 4. The number of nitrogens with zero attached hydrogens (tertiary/aromatic N) is 1. The minimum absolute atomic E-state index is 0.438. The van der Waals surface area contributed by atoms with Crippen molar-refractivity contribution in [3.63, 3.8) is 0 Å². The van der Waals surface area contributed by atoms with Gasteiger partial charge in [0.25, 0.3) is 0 Å². The van der Waals surface area contributed by atoms with Crippen molar-refractivity contribution in [3.05, 3.63) is 35.9 Å². The van der Waals surface area contributed by atoms with Crippen LogP contribution in [0.25, 0.3) is 0 Å². The van der Waals surface area contributed by atoms with Crippen molar-refractivity contribution in [3.8, 4) is 0 Å². The lowest BCUT2D eigenvalue weighted by Gasteiger charge is -1.96. The minimum atomic E-state index is 0.438. The number of unbranched alkanes of at least 4 members (excludes halogenated alkanes) is 1. The number of benzene rings is 1. The molecule has 1 aromatic carbocycles. The van der Waals surface area contributed by atoms with E-state index >= 15 is 0 Å². The molecule has 0 fully saturated rings. The summed E-state index contributed by atoms with van der Waals surface area (Å²) in [5.41, 5.74) is 2.75. The lowest BCUT2D eigenvalue weighted by Crippen LogP contribution is -1.90. The van der Waals surface area contributed by atoms with E-state index in [0.717, 1.165) is 0 Å². The molecule has 1 nitrogen and oxygen atoms in total. The Labute approximate surface area is 79.5 Å². The molecule has 68 valence electrons. The third-order valence-electron chi connectivity index (χ3n) is 2.44. The van der Waals surface area contributed by atoms with Crippen LogP contribution in [0.3, 0.4) is 0 Å². The van der Waals surface area contributed by atoms with Gasteiger partial charge in [-0.15, -0.1) is 0 Å². The maximum absolute atomic E-state index is 4.48. The smallest absolute Gasteiger partial charge is 0.113 e. The van der Waals surface area contributed by atoms with E-state index < -0.39 is 0 Å². The number of aliphatic imine (C=N–C) groups is 1. The normalized spacial score (nSPS) is 19.8. The molecule has 1 aliphatic heterocycles. The molecule has 13 heavy (non-hydrogen) atoms. The Bertz CT molecular complexity index is 300. The van der Waals surface area contributed by atoms with Gasteiger partial charge < -0.3 is 0 Å². The summed E-state index contributed by atoms with van der Waals surface area (Å²) in [6.45, 7) is 2.22. The zero-order chi connectivity index (χ0) is 9.10. The minimum Gasteiger partial charge on any atom is -0.277 e. The van der Waals surface area contributed by atoms with Crippen molar-refractivity contribution < 1.29 is 0 Å². The average molecular weight is 173 g/mol. The maximum atomic E-state index is 4.48. The quantitative estimate of drug-likeness (QED) is 0.662. The lowest BCUT2D eigenvalue weighted by molar-refractivity contribution is 0.837. The number of hydrogen-bond acceptors (Lipinski definition) is 1. The first-order valence-electron chi connectivity index (χ1n) is 5.03. The summed E-state index contributed by atoms with van der Waals surface area (Å²) in [6, 6.07) is 11.0. The fraction of sp³-hybridized carbons (Fsp3) is 0.417. The van der Waals surface area contributed by atoms with Gasteiger partial charge in [0.15, 0.2) is 0 Å². The van der Waals surface area contributed by atoms with E-state index in [0.29, 0.717) is 6.04 Å². The molecule has 0 saturated carbocycles. The summed E-state index contributed by atoms with van der Waals surface area (Å²) < 4.78 is 0. The first kappa shape index (κ1) is 8.49. The fourth-order valence-corrected chi connectivity index (χ4v) is 1.59. The Balaban J connectivity index is 1.88. The van der Waals surface area contributed by atoms with Gasteiger partial charge in [0.05, 0.1) is 0 Å². The van der Waals surface area contributed by atoms with Crippen LogP contribution in [-0.2, 0) is 0 Å². The van der Waals surface area contributed by atoms with Crippen LogP contribution in [0.15, 0.2) is 35.3 Å². The highest BCUT2D eigenvalue weighted by molar-refractivity contribution is 6.01. The van der Waals surface area contributed by atoms with Crippen LogP contribution in [0.2, 0.25) is 0 Å². The summed E-state index contributed by atoms with van der Waals surface area (Å²) in [5, 5.41) is 0. The molecule has 1 heterocycles. The Hall–Kier alpha value is -1.11. The van der Waals surface area contributed by atoms with E-state index in [2.05, 4.69) is 42.2 Å². The second kappa shape index (κ2) is 3.73. The molecule has 1 atom stereocenters. The van der Waals surface area contributed by atoms with Gasteiger partial charge in [0, 0.05) is 5.71 Å². The van der Waals surface area contributed by atoms with Gasteiger partial charge in [0.1, 0.15) is 6.04 Å². The molecule has 2 rings (SSSR count). The molecule has 1 aromatic rings. The van der Waals surface area contributed by atoms with E-state index in [9.17, 15) is 0 Å². The van der Waals surface area contributed by atoms with Crippen LogP contribution < -0.4 is 0 Å². The summed E-state index contributed by atoms with van der Waals surface area (Å²) in [5.74, 6) is 0. The van der Waals surface area contributed by atoms with E-state index in [1.165, 1.54) is 30.5 Å². The standard InChI is InChI=1S/C12H15N/c1-2-3-9-11-12(13-11)10-7-5-4-6-8-10/h4-8,12H,2-3,9H2,1H3/t12-/m1/s1. The molecule has 1 aliphatic rings. The van der Waals surface area contributed by atoms with Crippen molar-refractivity contribution in [2.45, 2.75) is 32.2 Å². The van der Waals surface area contributed by atoms with E-state index in [4.69, 9.17) is 0 Å². The molecule has 0 bridgehead atoms. The van der Waals surface area contributed by atoms with Crippen LogP contribution >= 0.6 is 0 Å². The Morgan fingerprint density at radius 3 is 2.69 bits per heavy atom. The van der Waals surface area contributed by atoms with Crippen LogP contribution in [0.4, 0.5) is 0 Å². The van der Waals surface area contributed by atoms with Gasteiger partial charge in [-0.2, -0.15) is 0 Å². The van der Waals surface area contributed by atoms with Crippen molar-refractivity contribution in [1.29, 1.82) is 0 Å². The van der Waals surface area contributed by atoms with Gasteiger partial charge >= 0.3 is 0 Å². The third-order valence-corrected chi connectivity index (χ3v) is 2.44. The largest absolute Gasteiger partial charge is 0.277 e. The first-order valence-corrected chi connectivity index (χ1v) is 5.03. The molecule has 0 N–H and O–H groups in total. The molecule has 1 heteroatoms. The van der Waals surface area contributed by atoms with Crippen LogP contribution in [-0.4, -0.2) is 5.71 Å². The van der Waals surface area contributed by atoms with Crippen LogP contribution in [0, 0.1) is 0 Å². The zero-order valence-corrected chi connectivity index (χ0v) is 8.03. The summed E-state index contributed by atoms with van der Waals surface area (Å²) in [4.78, 5) is 4.48. The van der Waals surface area contributed by atoms with Crippen molar-refractivity contribution in [1.82, 2.24) is 0 Å². The summed E-state index contributed by atoms with van der Waals surface area (Å²) in [6.07, 6.45) is 3.73. The predicted molar refractivity (Wildman–Crippen MR) is 56.1 cm³/mol. The Kier molecular flexibility index (Phi) is 2.44. The second-order valence-corrected chi connectivity index (χ2v) is 3.54. The molecule has 0 amide bonds. The molecule has 0 saturated heterocycles. The lowest BCUT2D eigenvalue weighted by atomic mass is 10.1. The SMILES string of the molecule is CCCCC1=N[C@@H]1c1ccccc1. The van der Waals surface area contributed by atoms with Gasteiger partial charge in [-0.1, -0.05) is 43.7 Å². The second-order valence-electron chi connectivity index (χ2n) is 3.54. The Morgan fingerprint density at radius 2 is 2.00 bits per heavy atom. The van der Waals surface area contributed by atoms with E-state index in [-0.39, 0.29) is 0 Å². The predicted octanol–water partition coefficient (Wildman–Crippen LogP) is 3.37. The molecular formula is C12H15N. The highest BCUT2D eigenvalue weighted by Gasteiger charge is 2.27. The zero-order valence-electron chi connectivity index (χ0n) is 8.03. The van der Waals surface area contributed by atoms with E-state index in [1.807, 2.05) is 0 Å². The van der Waals surface area contributed by atoms with Gasteiger partial charge in [-0.3, -0.25) is 4.99 Å². The van der Waals surface area contributed by atoms with Crippen molar-refractivity contribution >= 4 is 5.71 Å². The maximum Gasteiger partial charge on any atom is 0.113 e. The van der Waals surface area contributed by atoms with Gasteiger partial charge in [-0.05, 0) is 18.4 Å². The molecule has 0 unspecified atom stereocenters. The summed E-state index contributed by atoms with van der Waals surface area (Å²) >= 11 is 0. The van der Waals surface area contributed by atoms with Crippen LogP contribution in [0.5, 0.6) is 0 Å². The highest BCUT2D eigenvalue weighted by Crippen LogP contribution is 2.33. The van der Waals surface area contributed by atoms with Gasteiger partial charge in [0.2, 0.25) is 0 Å². The van der Waals surface area contributed by atoms with Crippen LogP contribution in [0.1, 0.15) is 37.8 Å². The molecule has 0 aromatic heterocycles. The Morgan fingerprint density at radius 1 is 1.23 bits per heavy atom. The first-order chi connectivity index (χ1) is 6.42. The molecular weight excluding hydrogens is 158 g/mol. The van der Waals surface area contributed by atoms with Gasteiger partial charge in [-0.25, -0.2) is 0 Å². The fourth-order valence-electron chi connectivity index (χ4n) is 1.59. The van der Waals surface area contributed by atoms with Crippen molar-refractivity contribution in [2.24, 2.45) is 4.99 Å². The van der Waals surface area contributed by atoms with Crippen molar-refractivity contribution in [2.75, 3.05) is 0 Å². The average Bonchev–Trinajstić information content (AvgIpc) is 2.95. The highest BCUT2D eigenvalue weighted by atomic mass is 15.0. The van der Waals surface area contributed by atoms with E-state index in [1.54, 1.807) is 0 Å². The molecule has 0 aliphatic carbocycles. The summed E-state index contributed by atoms with van der Waals surface area (Å²) in [7, 11) is 0. The monoisotopic (exact) mass is 173 g/mol. The molecule has 0 spiro atoms. The number of hydrogen-bond donors (Lipinski definition) is 0. The third kappa shape index (κ3) is 1.97. The molecule has 0 radical (unpaired) electrons.